The number of para-hydroxylation sites is 2. The maximum Gasteiger partial charge on any atom is 0.326 e. The van der Waals surface area contributed by atoms with Crippen LogP contribution in [0.15, 0.2) is 52.1 Å². The minimum Gasteiger partial charge on any atom is -0.412 e. The number of nitrogens with zero attached hydrogens (tertiary/aromatic N) is 3. The molecule has 0 radical (unpaired) electrons. The van der Waals surface area contributed by atoms with Crippen molar-refractivity contribution in [3.05, 3.63) is 68.5 Å². The third kappa shape index (κ3) is 4.49. The van der Waals surface area contributed by atoms with E-state index in [4.69, 9.17) is 11.6 Å². The predicted molar refractivity (Wildman–Crippen MR) is 130 cm³/mol. The van der Waals surface area contributed by atoms with Gasteiger partial charge in [-0.25, -0.2) is 9.59 Å². The molecule has 0 bridgehead atoms. The molecule has 0 unspecified atom stereocenters. The van der Waals surface area contributed by atoms with Crippen LogP contribution in [0.4, 0.5) is 0 Å². The summed E-state index contributed by atoms with van der Waals surface area (Å²) in [6.45, 7) is 3.53. The van der Waals surface area contributed by atoms with Gasteiger partial charge in [0.15, 0.2) is 0 Å². The molecule has 1 saturated heterocycles. The molecule has 32 heavy (non-hydrogen) atoms. The van der Waals surface area contributed by atoms with Crippen LogP contribution in [0, 0.1) is 0 Å². The third-order valence-electron chi connectivity index (χ3n) is 6.14. The number of nitrogens with one attached hydrogen (secondary N) is 2. The number of aromatic nitrogens is 4. The number of benzene rings is 2. The highest BCUT2D eigenvalue weighted by Gasteiger charge is 2.23. The van der Waals surface area contributed by atoms with Gasteiger partial charge in [-0.15, -0.1) is 12.4 Å². The first-order valence-corrected chi connectivity index (χ1v) is 10.8. The van der Waals surface area contributed by atoms with E-state index >= 15 is 0 Å². The lowest BCUT2D eigenvalue weighted by molar-refractivity contribution is 0.183. The Morgan fingerprint density at radius 1 is 0.906 bits per heavy atom. The number of halogens is 2. The molecule has 2 aromatic carbocycles. The van der Waals surface area contributed by atoms with Crippen molar-refractivity contribution in [3.63, 3.8) is 0 Å². The summed E-state index contributed by atoms with van der Waals surface area (Å²) in [5, 5.41) is 0.625. The fraction of sp³-hybridized carbons (Fsp3) is 0.364. The van der Waals surface area contributed by atoms with Gasteiger partial charge in [-0.05, 0) is 56.1 Å². The van der Waals surface area contributed by atoms with Crippen LogP contribution < -0.4 is 11.4 Å². The molecule has 0 saturated carbocycles. The molecule has 10 heteroatoms. The number of imidazole rings is 2. The summed E-state index contributed by atoms with van der Waals surface area (Å²) < 4.78 is 3.70. The molecular weight excluding hydrogens is 453 g/mol. The van der Waals surface area contributed by atoms with Crippen molar-refractivity contribution < 1.29 is 5.48 Å². The van der Waals surface area contributed by atoms with Gasteiger partial charge < -0.3 is 20.3 Å². The number of rotatable bonds is 5. The molecule has 1 aliphatic heterocycles. The molecule has 8 nitrogen and oxygen atoms in total. The van der Waals surface area contributed by atoms with E-state index in [-0.39, 0.29) is 35.3 Å². The molecule has 0 aliphatic carbocycles. The summed E-state index contributed by atoms with van der Waals surface area (Å²) in [4.78, 5) is 32.9. The number of hydrogen-bond acceptors (Lipinski definition) is 3. The maximum absolute atomic E-state index is 12.5. The second-order valence-corrected chi connectivity index (χ2v) is 8.42. The molecule has 0 amide bonds. The number of hydrogen-bond donors (Lipinski definition) is 2. The zero-order valence-electron chi connectivity index (χ0n) is 17.5. The third-order valence-corrected chi connectivity index (χ3v) is 6.37. The van der Waals surface area contributed by atoms with E-state index in [2.05, 4.69) is 14.9 Å². The number of likely N-dealkylation sites (tertiary alicyclic amines) is 1. The molecule has 0 atom stereocenters. The Bertz CT molecular complexity index is 1310. The summed E-state index contributed by atoms with van der Waals surface area (Å²) in [6.07, 6.45) is 2.78. The van der Waals surface area contributed by atoms with Crippen LogP contribution in [0.3, 0.4) is 0 Å². The molecule has 2 aromatic heterocycles. The largest absolute Gasteiger partial charge is 0.412 e. The Morgan fingerprint density at radius 2 is 1.62 bits per heavy atom. The van der Waals surface area contributed by atoms with Crippen LogP contribution in [-0.4, -0.2) is 49.1 Å². The van der Waals surface area contributed by atoms with E-state index in [0.717, 1.165) is 61.0 Å². The zero-order chi connectivity index (χ0) is 20.7. The topological polar surface area (TPSA) is 110 Å². The maximum atomic E-state index is 12.5. The number of aromatic amines is 2. The molecule has 0 spiro atoms. The second-order valence-electron chi connectivity index (χ2n) is 7.99. The van der Waals surface area contributed by atoms with E-state index in [0.29, 0.717) is 11.6 Å². The minimum atomic E-state index is -0.0653. The molecule has 4 aromatic rings. The van der Waals surface area contributed by atoms with E-state index in [1.54, 1.807) is 6.07 Å². The highest BCUT2D eigenvalue weighted by atomic mass is 35.5. The van der Waals surface area contributed by atoms with Gasteiger partial charge in [0.1, 0.15) is 0 Å². The van der Waals surface area contributed by atoms with Crippen LogP contribution in [-0.2, 0) is 6.54 Å². The molecule has 5 rings (SSSR count). The van der Waals surface area contributed by atoms with E-state index in [1.165, 1.54) is 0 Å². The normalized spacial score (nSPS) is 15.0. The lowest BCUT2D eigenvalue weighted by Crippen LogP contribution is -2.37. The molecule has 1 fully saturated rings. The zero-order valence-corrected chi connectivity index (χ0v) is 19.1. The first kappa shape index (κ1) is 24.1. The fourth-order valence-electron chi connectivity index (χ4n) is 4.65. The lowest BCUT2D eigenvalue weighted by atomic mass is 10.0. The van der Waals surface area contributed by atoms with Gasteiger partial charge in [0.2, 0.25) is 0 Å². The van der Waals surface area contributed by atoms with Crippen molar-refractivity contribution in [1.82, 2.24) is 24.0 Å². The van der Waals surface area contributed by atoms with Crippen molar-refractivity contribution in [1.29, 1.82) is 0 Å². The van der Waals surface area contributed by atoms with E-state index in [1.807, 2.05) is 45.5 Å². The van der Waals surface area contributed by atoms with Crippen molar-refractivity contribution in [3.8, 4) is 0 Å². The highest BCUT2D eigenvalue weighted by Crippen LogP contribution is 2.26. The number of H-pyrrole nitrogens is 2. The van der Waals surface area contributed by atoms with Crippen molar-refractivity contribution in [2.24, 2.45) is 0 Å². The first-order valence-electron chi connectivity index (χ1n) is 10.4. The van der Waals surface area contributed by atoms with Gasteiger partial charge in [0.05, 0.1) is 22.1 Å². The smallest absolute Gasteiger partial charge is 0.326 e. The summed E-state index contributed by atoms with van der Waals surface area (Å²) in [5.41, 5.74) is 3.44. The monoisotopic (exact) mass is 479 g/mol. The summed E-state index contributed by atoms with van der Waals surface area (Å²) in [6, 6.07) is 13.5. The minimum absolute atomic E-state index is 0. The van der Waals surface area contributed by atoms with Gasteiger partial charge in [-0.1, -0.05) is 23.7 Å². The molecule has 1 aliphatic rings. The second kappa shape index (κ2) is 9.95. The van der Waals surface area contributed by atoms with E-state index < -0.39 is 0 Å². The Balaban J connectivity index is 0.00000144. The average Bonchev–Trinajstić information content (AvgIpc) is 3.23. The first-order chi connectivity index (χ1) is 14.6. The van der Waals surface area contributed by atoms with E-state index in [9.17, 15) is 9.59 Å². The molecular formula is C22H27Cl2N5O3. The Morgan fingerprint density at radius 3 is 2.41 bits per heavy atom. The van der Waals surface area contributed by atoms with Crippen LogP contribution in [0.25, 0.3) is 22.1 Å². The van der Waals surface area contributed by atoms with Crippen molar-refractivity contribution in [2.75, 3.05) is 19.6 Å². The molecule has 172 valence electrons. The van der Waals surface area contributed by atoms with Gasteiger partial charge in [-0.3, -0.25) is 9.13 Å². The number of fused-ring (bicyclic) bond motifs is 2. The summed E-state index contributed by atoms with van der Waals surface area (Å²) >= 11 is 6.05. The van der Waals surface area contributed by atoms with Crippen molar-refractivity contribution >= 4 is 46.1 Å². The Labute approximate surface area is 195 Å². The summed E-state index contributed by atoms with van der Waals surface area (Å²) in [7, 11) is 0. The van der Waals surface area contributed by atoms with Gasteiger partial charge in [-0.2, -0.15) is 0 Å². The highest BCUT2D eigenvalue weighted by molar-refractivity contribution is 6.31. The molecule has 3 heterocycles. The van der Waals surface area contributed by atoms with Gasteiger partial charge in [0, 0.05) is 30.7 Å². The van der Waals surface area contributed by atoms with Crippen LogP contribution in [0.1, 0.15) is 25.3 Å². The SMILES string of the molecule is Cl.O.O=c1[nH]c2ccccc2n1CCCN1CCC(n2c(=O)[nH]c3cc(Cl)ccc32)CC1. The average molecular weight is 480 g/mol. The standard InChI is InChI=1S/C22H24ClN5O2.ClH.H2O/c23-15-6-7-20-18(14-15)25-22(30)28(20)16-8-12-26(13-9-16)10-3-11-27-19-5-2-1-4-17(19)24-21(27)29;;/h1-2,4-7,14,16H,3,8-13H2,(H,24,29)(H,25,30);1H;1H2. The summed E-state index contributed by atoms with van der Waals surface area (Å²) in [5.74, 6) is 0. The van der Waals surface area contributed by atoms with Gasteiger partial charge in [0.25, 0.3) is 0 Å². The van der Waals surface area contributed by atoms with Crippen LogP contribution >= 0.6 is 24.0 Å². The number of aryl methyl sites for hydroxylation is 1. The van der Waals surface area contributed by atoms with Crippen LogP contribution in [0.2, 0.25) is 5.02 Å². The van der Waals surface area contributed by atoms with Crippen LogP contribution in [0.5, 0.6) is 0 Å². The lowest BCUT2D eigenvalue weighted by Gasteiger charge is -2.32. The van der Waals surface area contributed by atoms with Crippen molar-refractivity contribution in [2.45, 2.75) is 31.8 Å². The fourth-order valence-corrected chi connectivity index (χ4v) is 4.82. The predicted octanol–water partition coefficient (Wildman–Crippen LogP) is 2.95. The Hall–Kier alpha value is -2.52. The molecule has 4 N–H and O–H groups in total. The number of piperidine rings is 1. The Kier molecular flexibility index (Phi) is 7.51. The quantitative estimate of drug-likeness (QED) is 0.458. The van der Waals surface area contributed by atoms with Gasteiger partial charge >= 0.3 is 11.4 Å².